The highest BCUT2D eigenvalue weighted by Crippen LogP contribution is 2.24. The molecule has 1 amide bonds. The van der Waals surface area contributed by atoms with Gasteiger partial charge in [0.2, 0.25) is 0 Å². The highest BCUT2D eigenvalue weighted by Gasteiger charge is 2.31. The molecule has 1 fully saturated rings. The van der Waals surface area contributed by atoms with Crippen LogP contribution in [0.15, 0.2) is 21.2 Å². The number of rotatable bonds is 3. The minimum absolute atomic E-state index is 0.195. The van der Waals surface area contributed by atoms with Crippen molar-refractivity contribution >= 4 is 27.8 Å². The van der Waals surface area contributed by atoms with Crippen molar-refractivity contribution < 1.29 is 19.1 Å². The van der Waals surface area contributed by atoms with Crippen LogP contribution in [0.25, 0.3) is 0 Å². The summed E-state index contributed by atoms with van der Waals surface area (Å²) in [5.41, 5.74) is 0. The van der Waals surface area contributed by atoms with Gasteiger partial charge in [-0.05, 0) is 40.9 Å². The fourth-order valence-corrected chi connectivity index (χ4v) is 2.76. The Bertz CT molecular complexity index is 471. The SMILES string of the molecule is O=C(N[C@@H]1CCCCC[C@@H]1C(=O)O)c1ccc(Br)o1. The van der Waals surface area contributed by atoms with Crippen molar-refractivity contribution in [3.8, 4) is 0 Å². The van der Waals surface area contributed by atoms with E-state index in [2.05, 4.69) is 21.2 Å². The maximum atomic E-state index is 12.0. The molecule has 1 aliphatic rings. The molecule has 1 aliphatic carbocycles. The second-order valence-electron chi connectivity index (χ2n) is 4.77. The Morgan fingerprint density at radius 1 is 1.26 bits per heavy atom. The lowest BCUT2D eigenvalue weighted by molar-refractivity contribution is -0.142. The van der Waals surface area contributed by atoms with Gasteiger partial charge < -0.3 is 14.8 Å². The number of hydrogen-bond donors (Lipinski definition) is 2. The molecular weight excluding hydrogens is 314 g/mol. The first kappa shape index (κ1) is 14.1. The third kappa shape index (κ3) is 3.59. The van der Waals surface area contributed by atoms with Crippen LogP contribution in [0.3, 0.4) is 0 Å². The number of nitrogens with one attached hydrogen (secondary N) is 1. The van der Waals surface area contributed by atoms with E-state index in [1.165, 1.54) is 0 Å². The van der Waals surface area contributed by atoms with Crippen molar-refractivity contribution in [1.82, 2.24) is 5.32 Å². The molecule has 0 saturated heterocycles. The van der Waals surface area contributed by atoms with Crippen LogP contribution in [0.2, 0.25) is 0 Å². The summed E-state index contributed by atoms with van der Waals surface area (Å²) in [5, 5.41) is 12.0. The maximum Gasteiger partial charge on any atom is 0.308 e. The summed E-state index contributed by atoms with van der Waals surface area (Å²) in [6.45, 7) is 0. The van der Waals surface area contributed by atoms with Gasteiger partial charge in [-0.3, -0.25) is 9.59 Å². The van der Waals surface area contributed by atoms with Crippen molar-refractivity contribution in [2.24, 2.45) is 5.92 Å². The monoisotopic (exact) mass is 329 g/mol. The first-order chi connectivity index (χ1) is 9.08. The van der Waals surface area contributed by atoms with Gasteiger partial charge in [0.25, 0.3) is 5.91 Å². The normalized spacial score (nSPS) is 23.6. The molecule has 0 spiro atoms. The van der Waals surface area contributed by atoms with Crippen LogP contribution < -0.4 is 5.32 Å². The van der Waals surface area contributed by atoms with Gasteiger partial charge in [0.1, 0.15) is 0 Å². The Kier molecular flexibility index (Phi) is 4.63. The lowest BCUT2D eigenvalue weighted by Gasteiger charge is -2.22. The Morgan fingerprint density at radius 3 is 2.63 bits per heavy atom. The fourth-order valence-electron chi connectivity index (χ4n) is 2.45. The van der Waals surface area contributed by atoms with Crippen molar-refractivity contribution in [3.63, 3.8) is 0 Å². The summed E-state index contributed by atoms with van der Waals surface area (Å²) in [5.74, 6) is -1.51. The number of carbonyl (C=O) groups is 2. The molecule has 0 bridgehead atoms. The topological polar surface area (TPSA) is 79.5 Å². The lowest BCUT2D eigenvalue weighted by atomic mass is 9.95. The van der Waals surface area contributed by atoms with Gasteiger partial charge in [-0.1, -0.05) is 19.3 Å². The molecule has 1 aromatic heterocycles. The Morgan fingerprint density at radius 2 is 2.00 bits per heavy atom. The van der Waals surface area contributed by atoms with Gasteiger partial charge in [0, 0.05) is 6.04 Å². The van der Waals surface area contributed by atoms with E-state index in [1.807, 2.05) is 0 Å². The molecule has 0 radical (unpaired) electrons. The molecule has 104 valence electrons. The molecule has 5 nitrogen and oxygen atoms in total. The number of furan rings is 1. The second-order valence-corrected chi connectivity index (χ2v) is 5.55. The van der Waals surface area contributed by atoms with E-state index in [0.717, 1.165) is 19.3 Å². The van der Waals surface area contributed by atoms with E-state index in [4.69, 9.17) is 4.42 Å². The smallest absolute Gasteiger partial charge is 0.308 e. The molecule has 2 atom stereocenters. The quantitative estimate of drug-likeness (QED) is 0.835. The number of aliphatic carboxylic acids is 1. The lowest BCUT2D eigenvalue weighted by Crippen LogP contribution is -2.42. The van der Waals surface area contributed by atoms with Crippen LogP contribution in [0.5, 0.6) is 0 Å². The van der Waals surface area contributed by atoms with Crippen LogP contribution in [0.1, 0.15) is 42.7 Å². The van der Waals surface area contributed by atoms with Gasteiger partial charge >= 0.3 is 5.97 Å². The first-order valence-electron chi connectivity index (χ1n) is 6.37. The molecule has 0 aliphatic heterocycles. The number of carboxylic acids is 1. The molecular formula is C13H16BrNO4. The summed E-state index contributed by atoms with van der Waals surface area (Å²) in [4.78, 5) is 23.2. The number of amides is 1. The molecule has 1 aromatic rings. The average molecular weight is 330 g/mol. The zero-order valence-electron chi connectivity index (χ0n) is 10.4. The van der Waals surface area contributed by atoms with Crippen LogP contribution in [0.4, 0.5) is 0 Å². The zero-order valence-corrected chi connectivity index (χ0v) is 12.0. The van der Waals surface area contributed by atoms with E-state index in [1.54, 1.807) is 12.1 Å². The predicted octanol–water partition coefficient (Wildman–Crippen LogP) is 2.81. The van der Waals surface area contributed by atoms with Crippen LogP contribution in [-0.2, 0) is 4.79 Å². The number of hydrogen-bond acceptors (Lipinski definition) is 3. The molecule has 1 saturated carbocycles. The summed E-state index contributed by atoms with van der Waals surface area (Å²) in [6.07, 6.45) is 4.17. The average Bonchev–Trinajstić information content (AvgIpc) is 2.65. The van der Waals surface area contributed by atoms with Gasteiger partial charge in [0.05, 0.1) is 5.92 Å². The number of halogens is 1. The van der Waals surface area contributed by atoms with Gasteiger partial charge in [-0.2, -0.15) is 0 Å². The van der Waals surface area contributed by atoms with Gasteiger partial charge in [-0.15, -0.1) is 0 Å². The van der Waals surface area contributed by atoms with Crippen molar-refractivity contribution in [1.29, 1.82) is 0 Å². The summed E-state index contributed by atoms with van der Waals surface area (Å²) < 4.78 is 5.65. The minimum atomic E-state index is -0.840. The van der Waals surface area contributed by atoms with E-state index >= 15 is 0 Å². The summed E-state index contributed by atoms with van der Waals surface area (Å²) in [7, 11) is 0. The Balaban J connectivity index is 2.06. The second kappa shape index (κ2) is 6.23. The van der Waals surface area contributed by atoms with E-state index < -0.39 is 11.9 Å². The Labute approximate surface area is 119 Å². The molecule has 1 heterocycles. The van der Waals surface area contributed by atoms with E-state index in [9.17, 15) is 14.7 Å². The molecule has 0 unspecified atom stereocenters. The first-order valence-corrected chi connectivity index (χ1v) is 7.16. The highest BCUT2D eigenvalue weighted by atomic mass is 79.9. The number of carboxylic acid groups (broad SMARTS) is 1. The third-order valence-electron chi connectivity index (χ3n) is 3.45. The highest BCUT2D eigenvalue weighted by molar-refractivity contribution is 9.10. The summed E-state index contributed by atoms with van der Waals surface area (Å²) >= 11 is 3.13. The molecule has 2 N–H and O–H groups in total. The standard InChI is InChI=1S/C13H16BrNO4/c14-11-7-6-10(19-11)12(16)15-9-5-3-1-2-4-8(9)13(17)18/h6-9H,1-5H2,(H,15,16)(H,17,18)/t8-,9+/m0/s1. The Hall–Kier alpha value is -1.30. The van der Waals surface area contributed by atoms with E-state index in [-0.39, 0.29) is 17.7 Å². The third-order valence-corrected chi connectivity index (χ3v) is 3.87. The fraction of sp³-hybridized carbons (Fsp3) is 0.538. The molecule has 2 rings (SSSR count). The van der Waals surface area contributed by atoms with Crippen LogP contribution >= 0.6 is 15.9 Å². The van der Waals surface area contributed by atoms with Crippen molar-refractivity contribution in [2.45, 2.75) is 38.1 Å². The largest absolute Gasteiger partial charge is 0.481 e. The van der Waals surface area contributed by atoms with Gasteiger partial charge in [-0.25, -0.2) is 0 Å². The molecule has 6 heteroatoms. The van der Waals surface area contributed by atoms with Crippen molar-refractivity contribution in [2.75, 3.05) is 0 Å². The zero-order chi connectivity index (χ0) is 13.8. The molecule has 19 heavy (non-hydrogen) atoms. The predicted molar refractivity (Wildman–Crippen MR) is 71.9 cm³/mol. The van der Waals surface area contributed by atoms with Gasteiger partial charge in [0.15, 0.2) is 10.4 Å². The van der Waals surface area contributed by atoms with E-state index in [0.29, 0.717) is 17.5 Å². The van der Waals surface area contributed by atoms with Crippen LogP contribution in [-0.4, -0.2) is 23.0 Å². The maximum absolute atomic E-state index is 12.0. The number of carbonyl (C=O) groups excluding carboxylic acids is 1. The molecule has 0 aromatic carbocycles. The minimum Gasteiger partial charge on any atom is -0.481 e. The summed E-state index contributed by atoms with van der Waals surface area (Å²) in [6, 6.07) is 2.87. The van der Waals surface area contributed by atoms with Crippen LogP contribution in [0, 0.1) is 5.92 Å². The van der Waals surface area contributed by atoms with Crippen molar-refractivity contribution in [3.05, 3.63) is 22.6 Å².